The Morgan fingerprint density at radius 2 is 1.86 bits per heavy atom. The van der Waals surface area contributed by atoms with Gasteiger partial charge < -0.3 is 14.8 Å². The van der Waals surface area contributed by atoms with Gasteiger partial charge in [0.05, 0.1) is 24.7 Å². The van der Waals surface area contributed by atoms with Crippen LogP contribution < -0.4 is 14.8 Å². The smallest absolute Gasteiger partial charge is 0.269 e. The van der Waals surface area contributed by atoms with Crippen molar-refractivity contribution in [3.63, 3.8) is 0 Å². The van der Waals surface area contributed by atoms with E-state index >= 15 is 0 Å². The third kappa shape index (κ3) is 4.48. The molecule has 1 amide bonds. The maximum Gasteiger partial charge on any atom is 0.269 e. The second-order valence-electron chi connectivity index (χ2n) is 7.24. The summed E-state index contributed by atoms with van der Waals surface area (Å²) in [6, 6.07) is 12.0. The van der Waals surface area contributed by atoms with Gasteiger partial charge in [-0.1, -0.05) is 6.07 Å². The Morgan fingerprint density at radius 1 is 1.10 bits per heavy atom. The molecular formula is C21H23N3O5. The van der Waals surface area contributed by atoms with Crippen LogP contribution in [0.5, 0.6) is 11.5 Å². The largest absolute Gasteiger partial charge is 0.490 e. The lowest BCUT2D eigenvalue weighted by Gasteiger charge is -2.25. The molecule has 0 radical (unpaired) electrons. The van der Waals surface area contributed by atoms with Gasteiger partial charge >= 0.3 is 0 Å². The molecule has 2 aromatic rings. The fourth-order valence-corrected chi connectivity index (χ4v) is 3.83. The fourth-order valence-electron chi connectivity index (χ4n) is 3.83. The highest BCUT2D eigenvalue weighted by molar-refractivity contribution is 5.92. The van der Waals surface area contributed by atoms with Crippen molar-refractivity contribution >= 4 is 17.3 Å². The summed E-state index contributed by atoms with van der Waals surface area (Å²) >= 11 is 0. The van der Waals surface area contributed by atoms with E-state index in [1.54, 1.807) is 12.1 Å². The first-order chi connectivity index (χ1) is 14.1. The van der Waals surface area contributed by atoms with Crippen LogP contribution in [0.15, 0.2) is 42.5 Å². The standard InChI is InChI=1S/C21H23N3O5/c25-21(22-16-5-7-17(8-6-16)24(26)27)14-23-10-1-3-18(23)15-4-9-19-20(13-15)29-12-2-11-28-19/h4-9,13,18H,1-3,10-12,14H2,(H,22,25)/t18-/m1/s1. The van der Waals surface area contributed by atoms with E-state index < -0.39 is 4.92 Å². The van der Waals surface area contributed by atoms with Gasteiger partial charge in [0.15, 0.2) is 11.5 Å². The van der Waals surface area contributed by atoms with Crippen LogP contribution in [0.1, 0.15) is 30.9 Å². The van der Waals surface area contributed by atoms with E-state index in [0.717, 1.165) is 42.9 Å². The van der Waals surface area contributed by atoms with Gasteiger partial charge in [-0.3, -0.25) is 19.8 Å². The minimum Gasteiger partial charge on any atom is -0.490 e. The molecule has 1 fully saturated rings. The molecule has 1 atom stereocenters. The van der Waals surface area contributed by atoms with E-state index in [0.29, 0.717) is 18.9 Å². The second-order valence-corrected chi connectivity index (χ2v) is 7.24. The summed E-state index contributed by atoms with van der Waals surface area (Å²) in [5.74, 6) is 1.40. The average Bonchev–Trinajstić information content (AvgIpc) is 3.03. The zero-order chi connectivity index (χ0) is 20.2. The lowest BCUT2D eigenvalue weighted by Crippen LogP contribution is -2.32. The molecule has 0 unspecified atom stereocenters. The predicted molar refractivity (Wildman–Crippen MR) is 107 cm³/mol. The number of likely N-dealkylation sites (tertiary alicyclic amines) is 1. The number of fused-ring (bicyclic) bond motifs is 1. The molecule has 29 heavy (non-hydrogen) atoms. The number of amides is 1. The van der Waals surface area contributed by atoms with Crippen LogP contribution in [-0.2, 0) is 4.79 Å². The third-order valence-electron chi connectivity index (χ3n) is 5.23. The van der Waals surface area contributed by atoms with Gasteiger partial charge in [0.2, 0.25) is 5.91 Å². The van der Waals surface area contributed by atoms with Crippen molar-refractivity contribution in [3.05, 3.63) is 58.1 Å². The van der Waals surface area contributed by atoms with Gasteiger partial charge in [0.1, 0.15) is 0 Å². The molecule has 1 N–H and O–H groups in total. The lowest BCUT2D eigenvalue weighted by molar-refractivity contribution is -0.384. The molecule has 0 aromatic heterocycles. The third-order valence-corrected chi connectivity index (χ3v) is 5.23. The normalized spacial score (nSPS) is 18.8. The zero-order valence-corrected chi connectivity index (χ0v) is 16.0. The SMILES string of the molecule is O=C(CN1CCC[C@@H]1c1ccc2c(c1)OCCCO2)Nc1ccc([N+](=O)[O-])cc1. The lowest BCUT2D eigenvalue weighted by atomic mass is 10.0. The Labute approximate surface area is 168 Å². The Hall–Kier alpha value is -3.13. The van der Waals surface area contributed by atoms with Crippen molar-refractivity contribution in [2.45, 2.75) is 25.3 Å². The summed E-state index contributed by atoms with van der Waals surface area (Å²) in [7, 11) is 0. The highest BCUT2D eigenvalue weighted by Gasteiger charge is 2.28. The molecule has 1 saturated heterocycles. The minimum atomic E-state index is -0.463. The first-order valence-electron chi connectivity index (χ1n) is 9.78. The number of benzene rings is 2. The molecule has 0 spiro atoms. The second kappa shape index (κ2) is 8.48. The zero-order valence-electron chi connectivity index (χ0n) is 16.0. The fraction of sp³-hybridized carbons (Fsp3) is 0.381. The number of nitro benzene ring substituents is 1. The predicted octanol–water partition coefficient (Wildman–Crippen LogP) is 3.53. The van der Waals surface area contributed by atoms with Crippen LogP contribution in [0.3, 0.4) is 0 Å². The number of nitrogens with zero attached hydrogens (tertiary/aromatic N) is 2. The van der Waals surface area contributed by atoms with Gasteiger partial charge in [-0.05, 0) is 49.2 Å². The maximum absolute atomic E-state index is 12.5. The highest BCUT2D eigenvalue weighted by atomic mass is 16.6. The topological polar surface area (TPSA) is 93.9 Å². The number of nitro groups is 1. The van der Waals surface area contributed by atoms with E-state index in [4.69, 9.17) is 9.47 Å². The first kappa shape index (κ1) is 19.2. The van der Waals surface area contributed by atoms with Crippen LogP contribution in [0, 0.1) is 10.1 Å². The summed E-state index contributed by atoms with van der Waals surface area (Å²) in [5.41, 5.74) is 1.67. The summed E-state index contributed by atoms with van der Waals surface area (Å²) in [6.45, 7) is 2.40. The number of hydrogen-bond acceptors (Lipinski definition) is 6. The summed E-state index contributed by atoms with van der Waals surface area (Å²) < 4.78 is 11.5. The quantitative estimate of drug-likeness (QED) is 0.613. The van der Waals surface area contributed by atoms with Gasteiger partial charge in [-0.2, -0.15) is 0 Å². The monoisotopic (exact) mass is 397 g/mol. The van der Waals surface area contributed by atoms with Gasteiger partial charge in [0.25, 0.3) is 5.69 Å². The van der Waals surface area contributed by atoms with Crippen molar-refractivity contribution in [2.75, 3.05) is 31.6 Å². The van der Waals surface area contributed by atoms with Crippen LogP contribution in [0.4, 0.5) is 11.4 Å². The van der Waals surface area contributed by atoms with Gasteiger partial charge in [-0.15, -0.1) is 0 Å². The van der Waals surface area contributed by atoms with Gasteiger partial charge in [-0.25, -0.2) is 0 Å². The van der Waals surface area contributed by atoms with Crippen molar-refractivity contribution in [1.82, 2.24) is 4.90 Å². The maximum atomic E-state index is 12.5. The van der Waals surface area contributed by atoms with Crippen molar-refractivity contribution in [1.29, 1.82) is 0 Å². The van der Waals surface area contributed by atoms with Crippen LogP contribution in [0.25, 0.3) is 0 Å². The molecule has 2 aliphatic rings. The molecule has 0 bridgehead atoms. The highest BCUT2D eigenvalue weighted by Crippen LogP contribution is 2.37. The number of anilines is 1. The van der Waals surface area contributed by atoms with Crippen molar-refractivity contribution in [3.8, 4) is 11.5 Å². The van der Waals surface area contributed by atoms with E-state index in [9.17, 15) is 14.9 Å². The summed E-state index contributed by atoms with van der Waals surface area (Å²) in [4.78, 5) is 24.9. The van der Waals surface area contributed by atoms with Crippen molar-refractivity contribution in [2.24, 2.45) is 0 Å². The molecule has 8 heteroatoms. The molecule has 2 heterocycles. The number of ether oxygens (including phenoxy) is 2. The Bertz CT molecular complexity index is 900. The Kier molecular flexibility index (Phi) is 5.62. The molecule has 2 aliphatic heterocycles. The van der Waals surface area contributed by atoms with Crippen molar-refractivity contribution < 1.29 is 19.2 Å². The molecular weight excluding hydrogens is 374 g/mol. The number of rotatable bonds is 5. The average molecular weight is 397 g/mol. The van der Waals surface area contributed by atoms with E-state index in [1.807, 2.05) is 18.2 Å². The van der Waals surface area contributed by atoms with E-state index in [-0.39, 0.29) is 24.2 Å². The number of non-ortho nitro benzene ring substituents is 1. The molecule has 8 nitrogen and oxygen atoms in total. The molecule has 0 aliphatic carbocycles. The Morgan fingerprint density at radius 3 is 2.62 bits per heavy atom. The summed E-state index contributed by atoms with van der Waals surface area (Å²) in [5, 5.41) is 13.6. The summed E-state index contributed by atoms with van der Waals surface area (Å²) in [6.07, 6.45) is 2.86. The van der Waals surface area contributed by atoms with Crippen LogP contribution in [0.2, 0.25) is 0 Å². The molecule has 0 saturated carbocycles. The number of nitrogens with one attached hydrogen (secondary N) is 1. The van der Waals surface area contributed by atoms with Gasteiger partial charge in [0, 0.05) is 30.3 Å². The number of carbonyl (C=O) groups excluding carboxylic acids is 1. The minimum absolute atomic E-state index is 0.00276. The van der Waals surface area contributed by atoms with Crippen LogP contribution in [-0.4, -0.2) is 42.0 Å². The number of hydrogen-bond donors (Lipinski definition) is 1. The molecule has 2 aromatic carbocycles. The molecule has 4 rings (SSSR count). The number of carbonyl (C=O) groups is 1. The van der Waals surface area contributed by atoms with E-state index in [2.05, 4.69) is 10.2 Å². The van der Waals surface area contributed by atoms with E-state index in [1.165, 1.54) is 12.1 Å². The first-order valence-corrected chi connectivity index (χ1v) is 9.78. The Balaban J connectivity index is 1.41. The van der Waals surface area contributed by atoms with Crippen LogP contribution >= 0.6 is 0 Å². The molecule has 152 valence electrons.